The summed E-state index contributed by atoms with van der Waals surface area (Å²) in [7, 11) is 0. The van der Waals surface area contributed by atoms with Crippen LogP contribution in [0.1, 0.15) is 28.8 Å². The number of ketones is 1. The lowest BCUT2D eigenvalue weighted by atomic mass is 9.94. The van der Waals surface area contributed by atoms with Crippen LogP contribution < -0.4 is 5.32 Å². The molecule has 0 spiro atoms. The minimum atomic E-state index is 0.172. The van der Waals surface area contributed by atoms with Crippen molar-refractivity contribution in [3.63, 3.8) is 0 Å². The first kappa shape index (κ1) is 9.97. The summed E-state index contributed by atoms with van der Waals surface area (Å²) in [6.07, 6.45) is 4.20. The minimum Gasteiger partial charge on any atom is -0.385 e. The maximum atomic E-state index is 11.8. The van der Waals surface area contributed by atoms with Crippen LogP contribution in [0.15, 0.2) is 30.9 Å². The first-order valence-corrected chi connectivity index (χ1v) is 5.33. The van der Waals surface area contributed by atoms with Crippen LogP contribution in [-0.4, -0.2) is 12.3 Å². The van der Waals surface area contributed by atoms with Gasteiger partial charge in [0.05, 0.1) is 0 Å². The molecule has 0 amide bonds. The zero-order valence-electron chi connectivity index (χ0n) is 8.75. The van der Waals surface area contributed by atoms with E-state index >= 15 is 0 Å². The van der Waals surface area contributed by atoms with E-state index in [4.69, 9.17) is 0 Å². The fourth-order valence-electron chi connectivity index (χ4n) is 2.01. The summed E-state index contributed by atoms with van der Waals surface area (Å²) in [4.78, 5) is 11.8. The van der Waals surface area contributed by atoms with Crippen molar-refractivity contribution in [3.05, 3.63) is 42.0 Å². The topological polar surface area (TPSA) is 29.1 Å². The van der Waals surface area contributed by atoms with E-state index in [0.29, 0.717) is 6.42 Å². The molecular formula is C13H15NO. The van der Waals surface area contributed by atoms with Crippen molar-refractivity contribution in [1.82, 2.24) is 0 Å². The van der Waals surface area contributed by atoms with Gasteiger partial charge in [0.15, 0.2) is 5.78 Å². The van der Waals surface area contributed by atoms with Gasteiger partial charge in [-0.05, 0) is 24.5 Å². The van der Waals surface area contributed by atoms with Crippen LogP contribution in [0.5, 0.6) is 0 Å². The largest absolute Gasteiger partial charge is 0.385 e. The summed E-state index contributed by atoms with van der Waals surface area (Å²) in [5.74, 6) is 0.172. The SMILES string of the molecule is C=CCC(=O)c1cccc2c1CCCN2. The molecule has 0 atom stereocenters. The van der Waals surface area contributed by atoms with Gasteiger partial charge in [-0.15, -0.1) is 6.58 Å². The maximum Gasteiger partial charge on any atom is 0.166 e. The Bertz CT molecular complexity index is 396. The molecule has 15 heavy (non-hydrogen) atoms. The Kier molecular flexibility index (Phi) is 2.86. The number of hydrogen-bond donors (Lipinski definition) is 1. The number of benzene rings is 1. The summed E-state index contributed by atoms with van der Waals surface area (Å²) in [5.41, 5.74) is 3.16. The highest BCUT2D eigenvalue weighted by Crippen LogP contribution is 2.26. The second-order valence-electron chi connectivity index (χ2n) is 3.78. The Hall–Kier alpha value is -1.57. The monoisotopic (exact) mass is 201 g/mol. The Balaban J connectivity index is 2.38. The van der Waals surface area contributed by atoms with E-state index in [1.54, 1.807) is 6.08 Å². The van der Waals surface area contributed by atoms with Crippen molar-refractivity contribution in [2.45, 2.75) is 19.3 Å². The van der Waals surface area contributed by atoms with Gasteiger partial charge in [-0.25, -0.2) is 0 Å². The van der Waals surface area contributed by atoms with E-state index in [9.17, 15) is 4.79 Å². The lowest BCUT2D eigenvalue weighted by Gasteiger charge is -2.20. The molecule has 2 rings (SSSR count). The zero-order chi connectivity index (χ0) is 10.7. The number of fused-ring (bicyclic) bond motifs is 1. The lowest BCUT2D eigenvalue weighted by Crippen LogP contribution is -2.15. The molecule has 1 N–H and O–H groups in total. The standard InChI is InChI=1S/C13H15NO/c1-2-5-13(15)11-6-3-8-12-10(11)7-4-9-14-12/h2-3,6,8,14H,1,4-5,7,9H2. The Labute approximate surface area is 90.0 Å². The number of allylic oxidation sites excluding steroid dienone is 1. The average Bonchev–Trinajstić information content (AvgIpc) is 2.28. The molecular weight excluding hydrogens is 186 g/mol. The summed E-state index contributed by atoms with van der Waals surface area (Å²) >= 11 is 0. The average molecular weight is 201 g/mol. The highest BCUT2D eigenvalue weighted by Gasteiger charge is 2.15. The van der Waals surface area contributed by atoms with Crippen molar-refractivity contribution in [2.75, 3.05) is 11.9 Å². The number of rotatable bonds is 3. The predicted octanol–water partition coefficient (Wildman–Crippen LogP) is 2.80. The van der Waals surface area contributed by atoms with Crippen molar-refractivity contribution >= 4 is 11.5 Å². The highest BCUT2D eigenvalue weighted by atomic mass is 16.1. The number of hydrogen-bond acceptors (Lipinski definition) is 2. The molecule has 0 fully saturated rings. The predicted molar refractivity (Wildman–Crippen MR) is 62.4 cm³/mol. The Morgan fingerprint density at radius 3 is 3.20 bits per heavy atom. The van der Waals surface area contributed by atoms with E-state index < -0.39 is 0 Å². The normalized spacial score (nSPS) is 13.9. The second kappa shape index (κ2) is 4.30. The molecule has 0 bridgehead atoms. The molecule has 0 saturated carbocycles. The number of Topliss-reactive ketones (excluding diaryl/α,β-unsaturated/α-hetero) is 1. The molecule has 78 valence electrons. The van der Waals surface area contributed by atoms with Crippen LogP contribution in [0.3, 0.4) is 0 Å². The van der Waals surface area contributed by atoms with Crippen LogP contribution in [0.25, 0.3) is 0 Å². The van der Waals surface area contributed by atoms with E-state index in [1.807, 2.05) is 18.2 Å². The molecule has 1 aliphatic heterocycles. The maximum absolute atomic E-state index is 11.8. The summed E-state index contributed by atoms with van der Waals surface area (Å²) in [5, 5.41) is 3.32. The van der Waals surface area contributed by atoms with Crippen molar-refractivity contribution in [1.29, 1.82) is 0 Å². The van der Waals surface area contributed by atoms with Gasteiger partial charge in [0.1, 0.15) is 0 Å². The van der Waals surface area contributed by atoms with Gasteiger partial charge in [0.2, 0.25) is 0 Å². The smallest absolute Gasteiger partial charge is 0.166 e. The first-order chi connectivity index (χ1) is 7.33. The molecule has 0 saturated heterocycles. The molecule has 1 aliphatic rings. The van der Waals surface area contributed by atoms with Crippen molar-refractivity contribution < 1.29 is 4.79 Å². The van der Waals surface area contributed by atoms with E-state index in [-0.39, 0.29) is 5.78 Å². The zero-order valence-corrected chi connectivity index (χ0v) is 8.75. The van der Waals surface area contributed by atoms with Crippen LogP contribution in [0.4, 0.5) is 5.69 Å². The quantitative estimate of drug-likeness (QED) is 0.602. The molecule has 0 radical (unpaired) electrons. The Morgan fingerprint density at radius 1 is 1.53 bits per heavy atom. The first-order valence-electron chi connectivity index (χ1n) is 5.33. The molecule has 0 aliphatic carbocycles. The van der Waals surface area contributed by atoms with Crippen LogP contribution in [0.2, 0.25) is 0 Å². The lowest BCUT2D eigenvalue weighted by molar-refractivity contribution is 0.0995. The van der Waals surface area contributed by atoms with E-state index in [1.165, 1.54) is 5.56 Å². The molecule has 1 aromatic rings. The molecule has 0 aromatic heterocycles. The second-order valence-corrected chi connectivity index (χ2v) is 3.78. The Morgan fingerprint density at radius 2 is 2.40 bits per heavy atom. The molecule has 2 nitrogen and oxygen atoms in total. The third-order valence-electron chi connectivity index (χ3n) is 2.73. The fraction of sp³-hybridized carbons (Fsp3) is 0.308. The van der Waals surface area contributed by atoms with Crippen molar-refractivity contribution in [2.24, 2.45) is 0 Å². The van der Waals surface area contributed by atoms with E-state index in [0.717, 1.165) is 30.6 Å². The van der Waals surface area contributed by atoms with Gasteiger partial charge < -0.3 is 5.32 Å². The van der Waals surface area contributed by atoms with Gasteiger partial charge in [-0.2, -0.15) is 0 Å². The molecule has 1 aromatic carbocycles. The number of carbonyl (C=O) groups is 1. The van der Waals surface area contributed by atoms with Crippen molar-refractivity contribution in [3.8, 4) is 0 Å². The third kappa shape index (κ3) is 1.94. The summed E-state index contributed by atoms with van der Waals surface area (Å²) < 4.78 is 0. The van der Waals surface area contributed by atoms with Gasteiger partial charge in [-0.1, -0.05) is 18.2 Å². The van der Waals surface area contributed by atoms with Crippen LogP contribution in [0, 0.1) is 0 Å². The number of carbonyl (C=O) groups excluding carboxylic acids is 1. The van der Waals surface area contributed by atoms with E-state index in [2.05, 4.69) is 11.9 Å². The molecule has 1 heterocycles. The third-order valence-corrected chi connectivity index (χ3v) is 2.73. The fourth-order valence-corrected chi connectivity index (χ4v) is 2.01. The van der Waals surface area contributed by atoms with Crippen LogP contribution >= 0.6 is 0 Å². The highest BCUT2D eigenvalue weighted by molar-refractivity contribution is 5.99. The molecule has 2 heteroatoms. The van der Waals surface area contributed by atoms with Gasteiger partial charge >= 0.3 is 0 Å². The summed E-state index contributed by atoms with van der Waals surface area (Å²) in [6, 6.07) is 5.89. The van der Waals surface area contributed by atoms with Gasteiger partial charge in [0.25, 0.3) is 0 Å². The van der Waals surface area contributed by atoms with Gasteiger partial charge in [0, 0.05) is 24.2 Å². The van der Waals surface area contributed by atoms with Crippen LogP contribution in [-0.2, 0) is 6.42 Å². The summed E-state index contributed by atoms with van der Waals surface area (Å²) in [6.45, 7) is 4.61. The molecule has 0 unspecified atom stereocenters. The number of anilines is 1. The van der Waals surface area contributed by atoms with Gasteiger partial charge in [-0.3, -0.25) is 4.79 Å². The number of nitrogens with one attached hydrogen (secondary N) is 1. The minimum absolute atomic E-state index is 0.172.